The molecule has 0 aliphatic heterocycles. The molecule has 6 heteroatoms. The molecule has 0 unspecified atom stereocenters. The first-order valence-electron chi connectivity index (χ1n) is 5.57. The second-order valence-corrected chi connectivity index (χ2v) is 5.62. The van der Waals surface area contributed by atoms with Crippen molar-refractivity contribution in [3.8, 4) is 5.82 Å². The van der Waals surface area contributed by atoms with Crippen molar-refractivity contribution < 1.29 is 0 Å². The summed E-state index contributed by atoms with van der Waals surface area (Å²) in [6.07, 6.45) is 1.61. The molecule has 96 valence electrons. The SMILES string of the molecule is CC(C)(C)c1nn(-c2cccnn2)c(Cl)c1CCl. The zero-order valence-corrected chi connectivity index (χ0v) is 12.0. The molecule has 0 bridgehead atoms. The van der Waals surface area contributed by atoms with Crippen molar-refractivity contribution in [1.29, 1.82) is 0 Å². The van der Waals surface area contributed by atoms with Crippen molar-refractivity contribution in [2.45, 2.75) is 32.1 Å². The van der Waals surface area contributed by atoms with Gasteiger partial charge in [-0.15, -0.1) is 16.7 Å². The van der Waals surface area contributed by atoms with Crippen LogP contribution in [0.3, 0.4) is 0 Å². The van der Waals surface area contributed by atoms with E-state index in [1.807, 2.05) is 0 Å². The Balaban J connectivity index is 2.61. The molecule has 0 saturated heterocycles. The van der Waals surface area contributed by atoms with Crippen LogP contribution in [0, 0.1) is 0 Å². The fraction of sp³-hybridized carbons (Fsp3) is 0.417. The highest BCUT2D eigenvalue weighted by atomic mass is 35.5. The van der Waals surface area contributed by atoms with Crippen molar-refractivity contribution in [3.05, 3.63) is 34.7 Å². The van der Waals surface area contributed by atoms with Crippen LogP contribution in [0.1, 0.15) is 32.0 Å². The van der Waals surface area contributed by atoms with Crippen LogP contribution in [-0.2, 0) is 11.3 Å². The molecule has 0 saturated carbocycles. The lowest BCUT2D eigenvalue weighted by Gasteiger charge is -2.16. The zero-order chi connectivity index (χ0) is 13.3. The van der Waals surface area contributed by atoms with Gasteiger partial charge in [-0.3, -0.25) is 0 Å². The van der Waals surface area contributed by atoms with Crippen LogP contribution in [0.2, 0.25) is 5.15 Å². The normalized spacial score (nSPS) is 11.8. The van der Waals surface area contributed by atoms with Gasteiger partial charge in [0, 0.05) is 17.2 Å². The van der Waals surface area contributed by atoms with Crippen molar-refractivity contribution in [2.75, 3.05) is 0 Å². The van der Waals surface area contributed by atoms with Crippen LogP contribution >= 0.6 is 23.2 Å². The van der Waals surface area contributed by atoms with E-state index < -0.39 is 0 Å². The summed E-state index contributed by atoms with van der Waals surface area (Å²) < 4.78 is 1.58. The van der Waals surface area contributed by atoms with Crippen LogP contribution in [0.25, 0.3) is 5.82 Å². The summed E-state index contributed by atoms with van der Waals surface area (Å²) in [5.41, 5.74) is 1.60. The molecule has 2 aromatic rings. The van der Waals surface area contributed by atoms with Crippen LogP contribution in [0.15, 0.2) is 18.3 Å². The Kier molecular flexibility index (Phi) is 3.59. The summed E-state index contributed by atoms with van der Waals surface area (Å²) in [5.74, 6) is 0.912. The van der Waals surface area contributed by atoms with E-state index >= 15 is 0 Å². The predicted octanol–water partition coefficient (Wildman–Crippen LogP) is 3.35. The van der Waals surface area contributed by atoms with Crippen LogP contribution in [-0.4, -0.2) is 20.0 Å². The van der Waals surface area contributed by atoms with Gasteiger partial charge in [-0.05, 0) is 12.1 Å². The largest absolute Gasteiger partial charge is 0.201 e. The number of aromatic nitrogens is 4. The number of hydrogen-bond acceptors (Lipinski definition) is 3. The van der Waals surface area contributed by atoms with Gasteiger partial charge in [0.15, 0.2) is 5.82 Å². The predicted molar refractivity (Wildman–Crippen MR) is 72.4 cm³/mol. The molecule has 0 amide bonds. The van der Waals surface area contributed by atoms with Crippen LogP contribution in [0.4, 0.5) is 0 Å². The fourth-order valence-electron chi connectivity index (χ4n) is 1.71. The maximum absolute atomic E-state index is 6.32. The fourth-order valence-corrected chi connectivity index (χ4v) is 2.31. The van der Waals surface area contributed by atoms with Gasteiger partial charge in [-0.2, -0.15) is 10.2 Å². The van der Waals surface area contributed by atoms with Gasteiger partial charge in [-0.25, -0.2) is 4.68 Å². The molecule has 0 spiro atoms. The molecule has 2 heterocycles. The molecule has 4 nitrogen and oxygen atoms in total. The standard InChI is InChI=1S/C12H14Cl2N4/c1-12(2,3)10-8(7-13)11(14)18(17-10)9-5-4-6-15-16-9/h4-6H,7H2,1-3H3. The number of nitrogens with zero attached hydrogens (tertiary/aromatic N) is 4. The van der Waals surface area contributed by atoms with E-state index in [-0.39, 0.29) is 5.41 Å². The maximum atomic E-state index is 6.32. The lowest BCUT2D eigenvalue weighted by molar-refractivity contribution is 0.555. The van der Waals surface area contributed by atoms with E-state index in [1.165, 1.54) is 0 Å². The highest BCUT2D eigenvalue weighted by Crippen LogP contribution is 2.32. The maximum Gasteiger partial charge on any atom is 0.177 e. The summed E-state index contributed by atoms with van der Waals surface area (Å²) in [6.45, 7) is 6.22. The highest BCUT2D eigenvalue weighted by molar-refractivity contribution is 6.31. The van der Waals surface area contributed by atoms with E-state index in [2.05, 4.69) is 36.1 Å². The molecule has 0 radical (unpaired) electrons. The number of halogens is 2. The average molecular weight is 285 g/mol. The lowest BCUT2D eigenvalue weighted by atomic mass is 9.90. The Morgan fingerprint density at radius 1 is 1.33 bits per heavy atom. The second kappa shape index (κ2) is 4.86. The van der Waals surface area contributed by atoms with Gasteiger partial charge in [-0.1, -0.05) is 32.4 Å². The van der Waals surface area contributed by atoms with Gasteiger partial charge < -0.3 is 0 Å². The smallest absolute Gasteiger partial charge is 0.177 e. The Hall–Kier alpha value is -1.13. The third-order valence-corrected chi connectivity index (χ3v) is 3.20. The summed E-state index contributed by atoms with van der Waals surface area (Å²) in [6, 6.07) is 3.59. The quantitative estimate of drug-likeness (QED) is 0.795. The summed E-state index contributed by atoms with van der Waals surface area (Å²) in [7, 11) is 0. The average Bonchev–Trinajstić information content (AvgIpc) is 2.67. The first-order chi connectivity index (χ1) is 8.45. The molecule has 0 aromatic carbocycles. The van der Waals surface area contributed by atoms with Crippen LogP contribution in [0.5, 0.6) is 0 Å². The monoisotopic (exact) mass is 284 g/mol. The molecule has 0 aliphatic carbocycles. The molecule has 0 N–H and O–H groups in total. The van der Waals surface area contributed by atoms with Crippen molar-refractivity contribution >= 4 is 23.2 Å². The molecule has 0 aliphatic rings. The molecule has 2 rings (SSSR count). The summed E-state index contributed by atoms with van der Waals surface area (Å²) in [4.78, 5) is 0. The van der Waals surface area contributed by atoms with E-state index in [4.69, 9.17) is 23.2 Å². The van der Waals surface area contributed by atoms with Crippen molar-refractivity contribution in [2.24, 2.45) is 0 Å². The molecule has 2 aromatic heterocycles. The topological polar surface area (TPSA) is 43.6 Å². The van der Waals surface area contributed by atoms with E-state index in [0.717, 1.165) is 11.3 Å². The number of alkyl halides is 1. The minimum Gasteiger partial charge on any atom is -0.201 e. The van der Waals surface area contributed by atoms with Gasteiger partial charge in [0.25, 0.3) is 0 Å². The Bertz CT molecular complexity index is 543. The summed E-state index contributed by atoms with van der Waals surface area (Å²) in [5, 5.41) is 12.8. The van der Waals surface area contributed by atoms with E-state index in [9.17, 15) is 0 Å². The molecule has 18 heavy (non-hydrogen) atoms. The Labute approximate surface area is 116 Å². The van der Waals surface area contributed by atoms with Crippen LogP contribution < -0.4 is 0 Å². The highest BCUT2D eigenvalue weighted by Gasteiger charge is 2.26. The number of rotatable bonds is 2. The third kappa shape index (κ3) is 2.35. The lowest BCUT2D eigenvalue weighted by Crippen LogP contribution is -2.14. The minimum atomic E-state index is -0.124. The van der Waals surface area contributed by atoms with Gasteiger partial charge in [0.1, 0.15) is 5.15 Å². The van der Waals surface area contributed by atoms with E-state index in [0.29, 0.717) is 16.9 Å². The van der Waals surface area contributed by atoms with E-state index in [1.54, 1.807) is 23.0 Å². The molecular formula is C12H14Cl2N4. The summed E-state index contributed by atoms with van der Waals surface area (Å²) >= 11 is 12.3. The van der Waals surface area contributed by atoms with Gasteiger partial charge in [0.2, 0.25) is 0 Å². The molecule has 0 fully saturated rings. The Morgan fingerprint density at radius 2 is 2.06 bits per heavy atom. The van der Waals surface area contributed by atoms with Crippen molar-refractivity contribution in [1.82, 2.24) is 20.0 Å². The third-order valence-electron chi connectivity index (χ3n) is 2.54. The first-order valence-corrected chi connectivity index (χ1v) is 6.48. The van der Waals surface area contributed by atoms with Gasteiger partial charge >= 0.3 is 0 Å². The molecule has 0 atom stereocenters. The minimum absolute atomic E-state index is 0.124. The number of hydrogen-bond donors (Lipinski definition) is 0. The zero-order valence-electron chi connectivity index (χ0n) is 10.5. The first kappa shape index (κ1) is 13.3. The second-order valence-electron chi connectivity index (χ2n) is 5.00. The molecular weight excluding hydrogens is 271 g/mol. The van der Waals surface area contributed by atoms with Crippen molar-refractivity contribution in [3.63, 3.8) is 0 Å². The Morgan fingerprint density at radius 3 is 2.50 bits per heavy atom. The van der Waals surface area contributed by atoms with Gasteiger partial charge in [0.05, 0.1) is 11.6 Å².